The minimum Gasteiger partial charge on any atom is -0.519 e. The molecule has 0 aliphatic heterocycles. The number of aryl methyl sites for hydroxylation is 1. The van der Waals surface area contributed by atoms with Crippen molar-refractivity contribution < 1.29 is 9.22 Å². The summed E-state index contributed by atoms with van der Waals surface area (Å²) in [4.78, 5) is 17.5. The summed E-state index contributed by atoms with van der Waals surface area (Å²) in [6.07, 6.45) is 4.82. The van der Waals surface area contributed by atoms with Crippen molar-refractivity contribution in [1.82, 2.24) is 9.55 Å². The molecule has 0 saturated heterocycles. The Kier molecular flexibility index (Phi) is 7.32. The molecule has 186 valence electrons. The van der Waals surface area contributed by atoms with Crippen LogP contribution in [-0.2, 0) is 21.2 Å². The highest BCUT2D eigenvalue weighted by atomic mass is 28.4. The summed E-state index contributed by atoms with van der Waals surface area (Å²) in [6, 6.07) is 31.5. The fourth-order valence-electron chi connectivity index (χ4n) is 4.38. The van der Waals surface area contributed by atoms with Gasteiger partial charge in [-0.3, -0.25) is 4.79 Å². The van der Waals surface area contributed by atoms with Gasteiger partial charge in [0, 0.05) is 19.0 Å². The van der Waals surface area contributed by atoms with Gasteiger partial charge in [-0.15, -0.1) is 0 Å². The van der Waals surface area contributed by atoms with E-state index < -0.39 is 13.9 Å². The van der Waals surface area contributed by atoms with E-state index in [4.69, 9.17) is 9.41 Å². The fourth-order valence-corrected chi connectivity index (χ4v) is 5.36. The molecular weight excluding hydrogens is 460 g/mol. The van der Waals surface area contributed by atoms with Crippen LogP contribution in [0.15, 0.2) is 104 Å². The lowest BCUT2D eigenvalue weighted by Gasteiger charge is -2.37. The Hall–Kier alpha value is -3.44. The number of benzene rings is 3. The van der Waals surface area contributed by atoms with Crippen LogP contribution in [0.1, 0.15) is 49.6 Å². The maximum Gasteiger partial charge on any atom is 0.292 e. The van der Waals surface area contributed by atoms with Crippen molar-refractivity contribution in [2.45, 2.75) is 57.3 Å². The highest BCUT2D eigenvalue weighted by Crippen LogP contribution is 2.41. The summed E-state index contributed by atoms with van der Waals surface area (Å²) in [5.41, 5.74) is 3.70. The number of nitrogens with zero attached hydrogens (tertiary/aromatic N) is 2. The standard InChI is InChI=1S/C31H36N2O2Si/c1-30(2,3)36(4,5)35-29(34)22-21-28-23-33(24-32-28)31(25-15-9-6-10-16-25,26-17-11-7-12-18-26)27-19-13-8-14-20-27/h6-20,23-24H,21-22H2,1-5H3. The minimum absolute atomic E-state index is 0.00904. The van der Waals surface area contributed by atoms with Gasteiger partial charge in [0.1, 0.15) is 5.54 Å². The molecule has 5 heteroatoms. The van der Waals surface area contributed by atoms with Crippen molar-refractivity contribution in [2.24, 2.45) is 0 Å². The van der Waals surface area contributed by atoms with E-state index in [0.717, 1.165) is 22.4 Å². The van der Waals surface area contributed by atoms with Gasteiger partial charge in [0.25, 0.3) is 14.3 Å². The van der Waals surface area contributed by atoms with Gasteiger partial charge in [-0.1, -0.05) is 112 Å². The maximum atomic E-state index is 12.7. The topological polar surface area (TPSA) is 44.1 Å². The summed E-state index contributed by atoms with van der Waals surface area (Å²) in [7, 11) is -2.14. The molecule has 3 aromatic carbocycles. The number of hydrogen-bond acceptors (Lipinski definition) is 3. The highest BCUT2D eigenvalue weighted by molar-refractivity contribution is 6.75. The molecule has 0 unspecified atom stereocenters. The predicted octanol–water partition coefficient (Wildman–Crippen LogP) is 7.20. The third-order valence-electron chi connectivity index (χ3n) is 7.36. The van der Waals surface area contributed by atoms with Crippen LogP contribution in [0.4, 0.5) is 0 Å². The van der Waals surface area contributed by atoms with Gasteiger partial charge in [-0.2, -0.15) is 0 Å². The Balaban J connectivity index is 1.72. The van der Waals surface area contributed by atoms with E-state index in [9.17, 15) is 4.79 Å². The van der Waals surface area contributed by atoms with Crippen molar-refractivity contribution in [3.05, 3.63) is 126 Å². The molecule has 4 rings (SSSR count). The third kappa shape index (κ3) is 5.07. The van der Waals surface area contributed by atoms with E-state index >= 15 is 0 Å². The van der Waals surface area contributed by atoms with Gasteiger partial charge >= 0.3 is 0 Å². The van der Waals surface area contributed by atoms with Crippen LogP contribution in [0.2, 0.25) is 18.1 Å². The molecule has 36 heavy (non-hydrogen) atoms. The first-order chi connectivity index (χ1) is 17.1. The van der Waals surface area contributed by atoms with E-state index in [-0.39, 0.29) is 11.0 Å². The normalized spacial score (nSPS) is 12.4. The molecule has 1 heterocycles. The van der Waals surface area contributed by atoms with Gasteiger partial charge in [0.15, 0.2) is 0 Å². The van der Waals surface area contributed by atoms with Crippen molar-refractivity contribution >= 4 is 14.3 Å². The van der Waals surface area contributed by atoms with E-state index in [2.05, 4.69) is 117 Å². The lowest BCUT2D eigenvalue weighted by molar-refractivity contribution is -0.135. The second-order valence-corrected chi connectivity index (χ2v) is 15.5. The van der Waals surface area contributed by atoms with Crippen molar-refractivity contribution in [2.75, 3.05) is 0 Å². The SMILES string of the molecule is CC(C)(C)[Si](C)(C)OC(=O)CCc1cn(C(c2ccccc2)(c2ccccc2)c2ccccc2)cn1. The second-order valence-electron chi connectivity index (χ2n) is 10.8. The fraction of sp³-hybridized carbons (Fsp3) is 0.290. The van der Waals surface area contributed by atoms with E-state index in [1.165, 1.54) is 0 Å². The first kappa shape index (κ1) is 25.6. The molecule has 0 aliphatic rings. The summed E-state index contributed by atoms with van der Waals surface area (Å²) >= 11 is 0. The Bertz CT molecular complexity index is 1180. The van der Waals surface area contributed by atoms with Crippen LogP contribution in [0.25, 0.3) is 0 Å². The lowest BCUT2D eigenvalue weighted by atomic mass is 9.77. The summed E-state index contributed by atoms with van der Waals surface area (Å²) in [5.74, 6) is -0.142. The Morgan fingerprint density at radius 2 is 1.25 bits per heavy atom. The van der Waals surface area contributed by atoms with Crippen molar-refractivity contribution in [3.8, 4) is 0 Å². The Labute approximate surface area is 216 Å². The number of aromatic nitrogens is 2. The maximum absolute atomic E-state index is 12.7. The molecule has 4 aromatic rings. The van der Waals surface area contributed by atoms with Crippen molar-refractivity contribution in [1.29, 1.82) is 0 Å². The van der Waals surface area contributed by atoms with E-state index in [1.54, 1.807) is 0 Å². The van der Waals surface area contributed by atoms with Crippen LogP contribution in [-0.4, -0.2) is 23.8 Å². The highest BCUT2D eigenvalue weighted by Gasteiger charge is 2.40. The van der Waals surface area contributed by atoms with Crippen LogP contribution >= 0.6 is 0 Å². The number of hydrogen-bond donors (Lipinski definition) is 0. The Morgan fingerprint density at radius 1 is 0.806 bits per heavy atom. The Morgan fingerprint density at radius 3 is 1.67 bits per heavy atom. The largest absolute Gasteiger partial charge is 0.519 e. The molecule has 4 nitrogen and oxygen atoms in total. The predicted molar refractivity (Wildman–Crippen MR) is 148 cm³/mol. The zero-order valence-corrected chi connectivity index (χ0v) is 22.9. The van der Waals surface area contributed by atoms with Crippen LogP contribution in [0.3, 0.4) is 0 Å². The first-order valence-corrected chi connectivity index (χ1v) is 15.5. The van der Waals surface area contributed by atoms with Crippen molar-refractivity contribution in [3.63, 3.8) is 0 Å². The van der Waals surface area contributed by atoms with Crippen LogP contribution in [0.5, 0.6) is 0 Å². The summed E-state index contributed by atoms with van der Waals surface area (Å²) < 4.78 is 8.15. The quantitative estimate of drug-likeness (QED) is 0.191. The molecular formula is C31H36N2O2Si. The molecule has 0 amide bonds. The average molecular weight is 497 g/mol. The minimum atomic E-state index is -2.14. The molecule has 0 radical (unpaired) electrons. The van der Waals surface area contributed by atoms with E-state index in [1.807, 2.05) is 24.5 Å². The van der Waals surface area contributed by atoms with Gasteiger partial charge in [-0.25, -0.2) is 4.98 Å². The molecule has 1 aromatic heterocycles. The van der Waals surface area contributed by atoms with Gasteiger partial charge in [-0.05, 0) is 34.8 Å². The second kappa shape index (κ2) is 10.3. The molecule has 0 saturated carbocycles. The zero-order valence-electron chi connectivity index (χ0n) is 21.9. The molecule has 0 N–H and O–H groups in total. The van der Waals surface area contributed by atoms with Gasteiger partial charge < -0.3 is 8.99 Å². The molecule has 0 aliphatic carbocycles. The van der Waals surface area contributed by atoms with Gasteiger partial charge in [0.05, 0.1) is 12.0 Å². The number of carbonyl (C=O) groups is 1. The van der Waals surface area contributed by atoms with Gasteiger partial charge in [0.2, 0.25) is 0 Å². The summed E-state index contributed by atoms with van der Waals surface area (Å²) in [6.45, 7) is 10.6. The van der Waals surface area contributed by atoms with E-state index in [0.29, 0.717) is 12.8 Å². The summed E-state index contributed by atoms with van der Waals surface area (Å²) in [5, 5.41) is -0.00904. The monoisotopic (exact) mass is 496 g/mol. The number of imidazole rings is 1. The molecule has 0 spiro atoms. The first-order valence-electron chi connectivity index (χ1n) is 12.6. The third-order valence-corrected chi connectivity index (χ3v) is 11.7. The molecule has 0 bridgehead atoms. The van der Waals surface area contributed by atoms with Crippen LogP contribution in [0, 0.1) is 0 Å². The zero-order chi connectivity index (χ0) is 25.8. The smallest absolute Gasteiger partial charge is 0.292 e. The number of rotatable bonds is 8. The van der Waals surface area contributed by atoms with Crippen LogP contribution < -0.4 is 0 Å². The number of carbonyl (C=O) groups excluding carboxylic acids is 1. The molecule has 0 atom stereocenters. The molecule has 0 fully saturated rings. The lowest BCUT2D eigenvalue weighted by Crippen LogP contribution is -2.42. The average Bonchev–Trinajstić information content (AvgIpc) is 3.34.